The van der Waals surface area contributed by atoms with Gasteiger partial charge in [-0.1, -0.05) is 12.1 Å². The van der Waals surface area contributed by atoms with Gasteiger partial charge in [0.25, 0.3) is 5.91 Å². The molecule has 158 valence electrons. The number of nitrogens with one attached hydrogen (secondary N) is 1. The highest BCUT2D eigenvalue weighted by Gasteiger charge is 2.18. The normalized spacial score (nSPS) is 12.3. The van der Waals surface area contributed by atoms with Crippen LogP contribution in [-0.4, -0.2) is 46.9 Å². The highest BCUT2D eigenvalue weighted by Crippen LogP contribution is 2.23. The van der Waals surface area contributed by atoms with Crippen LogP contribution in [0.1, 0.15) is 12.5 Å². The van der Waals surface area contributed by atoms with Crippen LogP contribution in [0.2, 0.25) is 0 Å². The van der Waals surface area contributed by atoms with Crippen molar-refractivity contribution in [2.24, 2.45) is 0 Å². The number of carbonyl (C=O) groups excluding carboxylic acids is 1. The van der Waals surface area contributed by atoms with Gasteiger partial charge in [0.2, 0.25) is 10.0 Å². The van der Waals surface area contributed by atoms with Crippen LogP contribution >= 0.6 is 0 Å². The van der Waals surface area contributed by atoms with Crippen LogP contribution in [0.4, 0.5) is 10.1 Å². The molecule has 0 aromatic heterocycles. The predicted octanol–water partition coefficient (Wildman–Crippen LogP) is 2.32. The molecule has 29 heavy (non-hydrogen) atoms. The van der Waals surface area contributed by atoms with Crippen molar-refractivity contribution < 1.29 is 27.1 Å². The summed E-state index contributed by atoms with van der Waals surface area (Å²) in [6, 6.07) is 11.9. The van der Waals surface area contributed by atoms with E-state index in [9.17, 15) is 17.6 Å². The standard InChI is InChI=1S/C20H25FN2O5S/c1-15(13-27-2)22-20(24)14-28-19-10-8-18(9-11-19)23(29(3,25)26)12-16-4-6-17(21)7-5-16/h4-11,15H,12-14H2,1-3H3,(H,22,24). The Labute approximate surface area is 170 Å². The van der Waals surface area contributed by atoms with Crippen LogP contribution < -0.4 is 14.4 Å². The van der Waals surface area contributed by atoms with Gasteiger partial charge in [0.1, 0.15) is 11.6 Å². The second-order valence-corrected chi connectivity index (χ2v) is 8.51. The molecule has 0 aliphatic carbocycles. The van der Waals surface area contributed by atoms with Crippen molar-refractivity contribution >= 4 is 21.6 Å². The fraction of sp³-hybridized carbons (Fsp3) is 0.350. The third-order valence-corrected chi connectivity index (χ3v) is 5.10. The minimum Gasteiger partial charge on any atom is -0.484 e. The lowest BCUT2D eigenvalue weighted by Gasteiger charge is -2.23. The van der Waals surface area contributed by atoms with E-state index in [4.69, 9.17) is 9.47 Å². The molecule has 2 rings (SSSR count). The average molecular weight is 424 g/mol. The second kappa shape index (κ2) is 10.2. The van der Waals surface area contributed by atoms with Gasteiger partial charge in [-0.15, -0.1) is 0 Å². The van der Waals surface area contributed by atoms with Crippen LogP contribution in [-0.2, 0) is 26.1 Å². The summed E-state index contributed by atoms with van der Waals surface area (Å²) in [4.78, 5) is 11.8. The summed E-state index contributed by atoms with van der Waals surface area (Å²) in [5.41, 5.74) is 1.08. The maximum Gasteiger partial charge on any atom is 0.258 e. The maximum atomic E-state index is 13.1. The summed E-state index contributed by atoms with van der Waals surface area (Å²) >= 11 is 0. The SMILES string of the molecule is COCC(C)NC(=O)COc1ccc(N(Cc2ccc(F)cc2)S(C)(=O)=O)cc1. The van der Waals surface area contributed by atoms with Gasteiger partial charge in [-0.2, -0.15) is 0 Å². The van der Waals surface area contributed by atoms with Crippen LogP contribution in [0.15, 0.2) is 48.5 Å². The van der Waals surface area contributed by atoms with Crippen molar-refractivity contribution in [3.8, 4) is 5.75 Å². The molecule has 0 aliphatic heterocycles. The molecule has 1 amide bonds. The van der Waals surface area contributed by atoms with Gasteiger partial charge in [-0.05, 0) is 48.9 Å². The number of methoxy groups -OCH3 is 1. The summed E-state index contributed by atoms with van der Waals surface area (Å²) in [5.74, 6) is -0.243. The number of nitrogens with zero attached hydrogens (tertiary/aromatic N) is 1. The topological polar surface area (TPSA) is 84.9 Å². The number of ether oxygens (including phenoxy) is 2. The van der Waals surface area contributed by atoms with Gasteiger partial charge < -0.3 is 14.8 Å². The zero-order valence-corrected chi connectivity index (χ0v) is 17.4. The molecule has 1 atom stereocenters. The molecule has 0 fully saturated rings. The van der Waals surface area contributed by atoms with E-state index in [0.29, 0.717) is 23.6 Å². The van der Waals surface area contributed by atoms with Crippen LogP contribution in [0.5, 0.6) is 5.75 Å². The number of sulfonamides is 1. The molecule has 0 spiro atoms. The molecule has 0 heterocycles. The Morgan fingerprint density at radius 1 is 1.14 bits per heavy atom. The number of carbonyl (C=O) groups is 1. The summed E-state index contributed by atoms with van der Waals surface area (Å²) in [5, 5.41) is 2.73. The Balaban J connectivity index is 2.03. The zero-order valence-electron chi connectivity index (χ0n) is 16.6. The largest absolute Gasteiger partial charge is 0.484 e. The van der Waals surface area contributed by atoms with Gasteiger partial charge in [0.15, 0.2) is 6.61 Å². The first-order valence-electron chi connectivity index (χ1n) is 8.92. The van der Waals surface area contributed by atoms with Crippen LogP contribution in [0.25, 0.3) is 0 Å². The molecule has 0 radical (unpaired) electrons. The molecule has 0 bridgehead atoms. The number of benzene rings is 2. The van der Waals surface area contributed by atoms with E-state index < -0.39 is 10.0 Å². The number of rotatable bonds is 10. The molecular formula is C20H25FN2O5S. The van der Waals surface area contributed by atoms with Crippen molar-refractivity contribution in [3.63, 3.8) is 0 Å². The smallest absolute Gasteiger partial charge is 0.258 e. The molecule has 9 heteroatoms. The third kappa shape index (κ3) is 7.35. The predicted molar refractivity (Wildman–Crippen MR) is 109 cm³/mol. The van der Waals surface area contributed by atoms with E-state index >= 15 is 0 Å². The van der Waals surface area contributed by atoms with Gasteiger partial charge in [0, 0.05) is 13.2 Å². The molecule has 2 aromatic rings. The minimum atomic E-state index is -3.56. The van der Waals surface area contributed by atoms with Gasteiger partial charge in [0.05, 0.1) is 25.1 Å². The molecule has 1 unspecified atom stereocenters. The van der Waals surface area contributed by atoms with E-state index in [1.165, 1.54) is 28.6 Å². The number of amides is 1. The zero-order chi connectivity index (χ0) is 21.4. The number of halogens is 1. The summed E-state index contributed by atoms with van der Waals surface area (Å²) in [7, 11) is -2.01. The second-order valence-electron chi connectivity index (χ2n) is 6.60. The molecule has 0 aliphatic rings. The molecule has 0 saturated heterocycles. The van der Waals surface area contributed by atoms with E-state index in [1.54, 1.807) is 31.4 Å². The molecule has 7 nitrogen and oxygen atoms in total. The molecule has 0 saturated carbocycles. The van der Waals surface area contributed by atoms with Crippen molar-refractivity contribution in [2.75, 3.05) is 30.9 Å². The lowest BCUT2D eigenvalue weighted by atomic mass is 10.2. The van der Waals surface area contributed by atoms with Gasteiger partial charge >= 0.3 is 0 Å². The van der Waals surface area contributed by atoms with Gasteiger partial charge in [-0.3, -0.25) is 9.10 Å². The Kier molecular flexibility index (Phi) is 7.98. The first-order valence-corrected chi connectivity index (χ1v) is 10.8. The van der Waals surface area contributed by atoms with Gasteiger partial charge in [-0.25, -0.2) is 12.8 Å². The Morgan fingerprint density at radius 2 is 1.76 bits per heavy atom. The van der Waals surface area contributed by atoms with E-state index in [-0.39, 0.29) is 30.9 Å². The monoisotopic (exact) mass is 424 g/mol. The third-order valence-electron chi connectivity index (χ3n) is 3.96. The first kappa shape index (κ1) is 22.6. The van der Waals surface area contributed by atoms with Crippen molar-refractivity contribution in [3.05, 3.63) is 59.9 Å². The summed E-state index contributed by atoms with van der Waals surface area (Å²) in [6.45, 7) is 2.12. The Bertz CT molecular complexity index is 901. The van der Waals surface area contributed by atoms with Crippen molar-refractivity contribution in [1.82, 2.24) is 5.32 Å². The fourth-order valence-electron chi connectivity index (χ4n) is 2.62. The maximum absolute atomic E-state index is 13.1. The average Bonchev–Trinajstić information content (AvgIpc) is 2.65. The fourth-order valence-corrected chi connectivity index (χ4v) is 3.51. The minimum absolute atomic E-state index is 0.0686. The highest BCUT2D eigenvalue weighted by atomic mass is 32.2. The van der Waals surface area contributed by atoms with Crippen molar-refractivity contribution in [2.45, 2.75) is 19.5 Å². The Hall–Kier alpha value is -2.65. The highest BCUT2D eigenvalue weighted by molar-refractivity contribution is 7.92. The van der Waals surface area contributed by atoms with E-state index in [2.05, 4.69) is 5.32 Å². The number of hydrogen-bond acceptors (Lipinski definition) is 5. The Morgan fingerprint density at radius 3 is 2.31 bits per heavy atom. The lowest BCUT2D eigenvalue weighted by Crippen LogP contribution is -2.38. The summed E-state index contributed by atoms with van der Waals surface area (Å²) < 4.78 is 49.1. The van der Waals surface area contributed by atoms with E-state index in [0.717, 1.165) is 6.26 Å². The molecular weight excluding hydrogens is 399 g/mol. The molecule has 2 aromatic carbocycles. The first-order chi connectivity index (χ1) is 13.7. The van der Waals surface area contributed by atoms with Crippen LogP contribution in [0.3, 0.4) is 0 Å². The molecule has 1 N–H and O–H groups in total. The quantitative estimate of drug-likeness (QED) is 0.633. The van der Waals surface area contributed by atoms with Crippen molar-refractivity contribution in [1.29, 1.82) is 0 Å². The number of hydrogen-bond donors (Lipinski definition) is 1. The number of anilines is 1. The van der Waals surface area contributed by atoms with Crippen LogP contribution in [0, 0.1) is 5.82 Å². The lowest BCUT2D eigenvalue weighted by molar-refractivity contribution is -0.124. The van der Waals surface area contributed by atoms with E-state index in [1.807, 2.05) is 6.92 Å². The summed E-state index contributed by atoms with van der Waals surface area (Å²) in [6.07, 6.45) is 1.10.